The minimum absolute atomic E-state index is 0.121. The quantitative estimate of drug-likeness (QED) is 0.341. The fraction of sp³-hybridized carbons (Fsp3) is 0.250. The molecule has 2 atom stereocenters. The third kappa shape index (κ3) is 5.45. The Morgan fingerprint density at radius 1 is 0.630 bits per heavy atom. The van der Waals surface area contributed by atoms with Gasteiger partial charge in [-0.05, 0) is 47.5 Å². The van der Waals surface area contributed by atoms with Gasteiger partial charge in [0.1, 0.15) is 20.2 Å². The first kappa shape index (κ1) is 24.0. The topological polar surface area (TPSA) is 34.1 Å². The molecule has 2 aromatic rings. The van der Waals surface area contributed by atoms with E-state index in [1.807, 2.05) is 0 Å². The van der Waals surface area contributed by atoms with Crippen molar-refractivity contribution < 1.29 is 8.42 Å². The molecule has 148 valence electrons. The molecule has 0 spiro atoms. The van der Waals surface area contributed by atoms with E-state index in [-0.39, 0.29) is 31.2 Å². The van der Waals surface area contributed by atoms with Crippen LogP contribution in [0.4, 0.5) is 0 Å². The minimum atomic E-state index is -4.26. The number of benzene rings is 2. The van der Waals surface area contributed by atoms with Crippen molar-refractivity contribution >= 4 is 103 Å². The van der Waals surface area contributed by atoms with Crippen molar-refractivity contribution in [1.82, 2.24) is 0 Å². The molecule has 0 aliphatic heterocycles. The second-order valence-electron chi connectivity index (χ2n) is 5.43. The first-order valence-corrected chi connectivity index (χ1v) is 12.0. The normalized spacial score (nSPS) is 14.6. The van der Waals surface area contributed by atoms with Crippen molar-refractivity contribution in [2.75, 3.05) is 0 Å². The summed E-state index contributed by atoms with van der Waals surface area (Å²) in [5, 5.41) is -2.17. The Bertz CT molecular complexity index is 861. The van der Waals surface area contributed by atoms with E-state index >= 15 is 0 Å². The summed E-state index contributed by atoms with van der Waals surface area (Å²) in [5.74, 6) is 0. The third-order valence-electron chi connectivity index (χ3n) is 3.69. The maximum atomic E-state index is 13.5. The molecule has 2 rings (SSSR count). The van der Waals surface area contributed by atoms with Gasteiger partial charge < -0.3 is 0 Å². The van der Waals surface area contributed by atoms with Crippen LogP contribution in [0.2, 0.25) is 20.1 Å². The van der Waals surface area contributed by atoms with Crippen molar-refractivity contribution in [1.29, 1.82) is 0 Å². The summed E-state index contributed by atoms with van der Waals surface area (Å²) >= 11 is 48.5. The van der Waals surface area contributed by atoms with E-state index in [2.05, 4.69) is 0 Å². The molecule has 2 aromatic carbocycles. The maximum absolute atomic E-state index is 13.5. The van der Waals surface area contributed by atoms with Crippen molar-refractivity contribution in [2.45, 2.75) is 20.2 Å². The summed E-state index contributed by atoms with van der Waals surface area (Å²) in [4.78, 5) is -2.78. The molecular weight excluding hydrogens is 540 g/mol. The molecule has 0 saturated carbocycles. The molecular formula is C16H10Cl8O2S. The lowest BCUT2D eigenvalue weighted by molar-refractivity contribution is 0.573. The van der Waals surface area contributed by atoms with Gasteiger partial charge in [-0.1, -0.05) is 46.4 Å². The van der Waals surface area contributed by atoms with E-state index in [1.165, 1.54) is 36.4 Å². The SMILES string of the molecule is O=S(=O)(C(c1cc(Cl)ccc1Cl)C(Cl)Cl)C(c1cc(Cl)ccc1Cl)C(Cl)Cl. The highest BCUT2D eigenvalue weighted by Gasteiger charge is 2.44. The molecule has 0 radical (unpaired) electrons. The van der Waals surface area contributed by atoms with Gasteiger partial charge in [0, 0.05) is 20.1 Å². The molecule has 0 aliphatic carbocycles. The Morgan fingerprint density at radius 3 is 1.26 bits per heavy atom. The number of hydrogen-bond donors (Lipinski definition) is 0. The van der Waals surface area contributed by atoms with Crippen LogP contribution in [0.5, 0.6) is 0 Å². The standard InChI is InChI=1S/C16H10Cl8O2S/c17-7-1-3-11(19)9(5-7)13(15(21)22)27(25,26)14(16(23)24)10-6-8(18)2-4-12(10)20/h1-6,13-16H. The van der Waals surface area contributed by atoms with E-state index in [1.54, 1.807) is 0 Å². The van der Waals surface area contributed by atoms with Crippen molar-refractivity contribution in [3.63, 3.8) is 0 Å². The zero-order valence-electron chi connectivity index (χ0n) is 13.0. The Morgan fingerprint density at radius 2 is 0.963 bits per heavy atom. The zero-order valence-corrected chi connectivity index (χ0v) is 19.9. The zero-order chi connectivity index (χ0) is 20.5. The fourth-order valence-electron chi connectivity index (χ4n) is 2.54. The van der Waals surface area contributed by atoms with Gasteiger partial charge in [-0.25, -0.2) is 8.42 Å². The molecule has 2 nitrogen and oxygen atoms in total. The summed E-state index contributed by atoms with van der Waals surface area (Å²) in [6.07, 6.45) is 0. The van der Waals surface area contributed by atoms with E-state index in [0.717, 1.165) is 0 Å². The molecule has 11 heteroatoms. The van der Waals surface area contributed by atoms with Crippen LogP contribution in [0.3, 0.4) is 0 Å². The van der Waals surface area contributed by atoms with Crippen molar-refractivity contribution in [2.24, 2.45) is 0 Å². The van der Waals surface area contributed by atoms with Gasteiger partial charge in [0.2, 0.25) is 0 Å². The predicted molar refractivity (Wildman–Crippen MR) is 118 cm³/mol. The lowest BCUT2D eigenvalue weighted by Gasteiger charge is -2.28. The van der Waals surface area contributed by atoms with E-state index in [9.17, 15) is 8.42 Å². The Kier molecular flexibility index (Phi) is 8.60. The molecule has 0 heterocycles. The average Bonchev–Trinajstić information content (AvgIpc) is 2.53. The van der Waals surface area contributed by atoms with Crippen LogP contribution in [-0.2, 0) is 9.84 Å². The summed E-state index contributed by atoms with van der Waals surface area (Å²) in [7, 11) is -4.26. The van der Waals surface area contributed by atoms with Gasteiger partial charge in [0.25, 0.3) is 0 Å². The summed E-state index contributed by atoms with van der Waals surface area (Å²) < 4.78 is 27.0. The van der Waals surface area contributed by atoms with Gasteiger partial charge >= 0.3 is 0 Å². The smallest absolute Gasteiger partial charge is 0.169 e. The molecule has 0 aliphatic rings. The number of hydrogen-bond acceptors (Lipinski definition) is 2. The molecule has 0 amide bonds. The van der Waals surface area contributed by atoms with Crippen molar-refractivity contribution in [3.05, 3.63) is 67.6 Å². The van der Waals surface area contributed by atoms with Crippen LogP contribution in [-0.4, -0.2) is 18.1 Å². The Balaban J connectivity index is 2.72. The van der Waals surface area contributed by atoms with Gasteiger partial charge in [-0.2, -0.15) is 0 Å². The number of alkyl halides is 4. The highest BCUT2D eigenvalue weighted by atomic mass is 35.5. The molecule has 0 bridgehead atoms. The Hall–Kier alpha value is 0.710. The summed E-state index contributed by atoms with van der Waals surface area (Å²) in [6.45, 7) is 0. The van der Waals surface area contributed by atoms with Gasteiger partial charge in [0.05, 0.1) is 0 Å². The Labute approximate surface area is 197 Å². The molecule has 2 unspecified atom stereocenters. The number of sulfone groups is 1. The van der Waals surface area contributed by atoms with E-state index in [4.69, 9.17) is 92.8 Å². The van der Waals surface area contributed by atoms with Crippen LogP contribution in [0.1, 0.15) is 21.6 Å². The van der Waals surface area contributed by atoms with Crippen LogP contribution in [0.15, 0.2) is 36.4 Å². The second-order valence-corrected chi connectivity index (χ2v) is 11.6. The molecule has 0 saturated heterocycles. The number of halogens is 8. The van der Waals surface area contributed by atoms with E-state index < -0.39 is 30.0 Å². The summed E-state index contributed by atoms with van der Waals surface area (Å²) in [5.41, 5.74) is 0.243. The van der Waals surface area contributed by atoms with Gasteiger partial charge in [-0.3, -0.25) is 0 Å². The van der Waals surface area contributed by atoms with Crippen LogP contribution in [0.25, 0.3) is 0 Å². The van der Waals surface area contributed by atoms with Crippen LogP contribution < -0.4 is 0 Å². The van der Waals surface area contributed by atoms with Gasteiger partial charge in [-0.15, -0.1) is 46.4 Å². The van der Waals surface area contributed by atoms with E-state index in [0.29, 0.717) is 0 Å². The van der Waals surface area contributed by atoms with Crippen molar-refractivity contribution in [3.8, 4) is 0 Å². The highest BCUT2D eigenvalue weighted by molar-refractivity contribution is 7.92. The molecule has 0 aromatic heterocycles. The second kappa shape index (κ2) is 9.68. The summed E-state index contributed by atoms with van der Waals surface area (Å²) in [6, 6.07) is 8.64. The predicted octanol–water partition coefficient (Wildman–Crippen LogP) is 8.10. The van der Waals surface area contributed by atoms with Crippen LogP contribution >= 0.6 is 92.8 Å². The van der Waals surface area contributed by atoms with Crippen LogP contribution in [0, 0.1) is 0 Å². The third-order valence-corrected chi connectivity index (χ3v) is 8.93. The molecule has 27 heavy (non-hydrogen) atoms. The lowest BCUT2D eigenvalue weighted by atomic mass is 10.1. The highest BCUT2D eigenvalue weighted by Crippen LogP contribution is 2.47. The number of rotatable bonds is 6. The minimum Gasteiger partial charge on any atom is -0.227 e. The first-order valence-electron chi connectivity index (χ1n) is 7.15. The molecule has 0 N–H and O–H groups in total. The molecule has 0 fully saturated rings. The monoisotopic (exact) mass is 546 g/mol. The largest absolute Gasteiger partial charge is 0.227 e. The maximum Gasteiger partial charge on any atom is 0.169 e. The average molecular weight is 550 g/mol. The lowest BCUT2D eigenvalue weighted by Crippen LogP contribution is -2.29. The fourth-order valence-corrected chi connectivity index (χ4v) is 7.75. The first-order chi connectivity index (χ1) is 12.5. The van der Waals surface area contributed by atoms with Gasteiger partial charge in [0.15, 0.2) is 9.84 Å².